The Morgan fingerprint density at radius 2 is 1.85 bits per heavy atom. The summed E-state index contributed by atoms with van der Waals surface area (Å²) < 4.78 is 2.10. The van der Waals surface area contributed by atoms with E-state index in [1.54, 1.807) is 12.4 Å². The minimum Gasteiger partial charge on any atom is -0.339 e. The molecule has 138 valence electrons. The summed E-state index contributed by atoms with van der Waals surface area (Å²) in [6, 6.07) is 3.69. The molecule has 6 heteroatoms. The summed E-state index contributed by atoms with van der Waals surface area (Å²) in [7, 11) is 2.06. The zero-order chi connectivity index (χ0) is 18.0. The summed E-state index contributed by atoms with van der Waals surface area (Å²) in [4.78, 5) is 25.6. The number of imidazole rings is 1. The van der Waals surface area contributed by atoms with E-state index in [0.717, 1.165) is 51.4 Å². The van der Waals surface area contributed by atoms with Gasteiger partial charge >= 0.3 is 0 Å². The first kappa shape index (κ1) is 17.2. The summed E-state index contributed by atoms with van der Waals surface area (Å²) in [6.45, 7) is 4.93. The van der Waals surface area contributed by atoms with Crippen LogP contribution >= 0.6 is 0 Å². The lowest BCUT2D eigenvalue weighted by molar-refractivity contribution is 0.0278. The maximum atomic E-state index is 12.6. The van der Waals surface area contributed by atoms with Crippen molar-refractivity contribution in [1.29, 1.82) is 0 Å². The third kappa shape index (κ3) is 3.51. The number of hydrogen-bond acceptors (Lipinski definition) is 4. The molecule has 4 rings (SSSR count). The molecule has 0 aromatic carbocycles. The Balaban J connectivity index is 1.30. The van der Waals surface area contributed by atoms with Gasteiger partial charge in [-0.2, -0.15) is 0 Å². The van der Waals surface area contributed by atoms with Crippen LogP contribution in [0.3, 0.4) is 0 Å². The van der Waals surface area contributed by atoms with Crippen LogP contribution in [0, 0.1) is 5.41 Å². The fraction of sp³-hybridized carbons (Fsp3) is 0.550. The molecule has 2 aliphatic heterocycles. The van der Waals surface area contributed by atoms with Gasteiger partial charge in [-0.05, 0) is 56.3 Å². The molecule has 0 N–H and O–H groups in total. The van der Waals surface area contributed by atoms with Gasteiger partial charge in [0.15, 0.2) is 0 Å². The van der Waals surface area contributed by atoms with Gasteiger partial charge in [0.05, 0.1) is 12.1 Å². The zero-order valence-electron chi connectivity index (χ0n) is 15.5. The largest absolute Gasteiger partial charge is 0.339 e. The Hall–Kier alpha value is -2.21. The SMILES string of the molecule is Cn1ccnc1CN1CCC2(CC1)CCN(C(=O)c1cccnc1)CC2. The highest BCUT2D eigenvalue weighted by Crippen LogP contribution is 2.41. The van der Waals surface area contributed by atoms with Crippen LogP contribution in [0.25, 0.3) is 0 Å². The number of hydrogen-bond donors (Lipinski definition) is 0. The van der Waals surface area contributed by atoms with Crippen molar-refractivity contribution in [2.45, 2.75) is 32.2 Å². The molecule has 0 unspecified atom stereocenters. The molecule has 2 aromatic heterocycles. The Kier molecular flexibility index (Phi) is 4.76. The topological polar surface area (TPSA) is 54.3 Å². The van der Waals surface area contributed by atoms with Gasteiger partial charge in [-0.1, -0.05) is 0 Å². The molecular weight excluding hydrogens is 326 g/mol. The molecule has 0 saturated carbocycles. The van der Waals surface area contributed by atoms with E-state index in [1.165, 1.54) is 12.8 Å². The zero-order valence-corrected chi connectivity index (χ0v) is 15.5. The molecule has 26 heavy (non-hydrogen) atoms. The van der Waals surface area contributed by atoms with Crippen LogP contribution in [0.4, 0.5) is 0 Å². The van der Waals surface area contributed by atoms with Crippen molar-refractivity contribution in [3.63, 3.8) is 0 Å². The minimum absolute atomic E-state index is 0.125. The minimum atomic E-state index is 0.125. The predicted molar refractivity (Wildman–Crippen MR) is 99.5 cm³/mol. The van der Waals surface area contributed by atoms with E-state index in [4.69, 9.17) is 0 Å². The Morgan fingerprint density at radius 3 is 2.46 bits per heavy atom. The molecule has 2 fully saturated rings. The molecule has 2 saturated heterocycles. The van der Waals surface area contributed by atoms with E-state index in [1.807, 2.05) is 29.4 Å². The monoisotopic (exact) mass is 353 g/mol. The average molecular weight is 353 g/mol. The van der Waals surface area contributed by atoms with Crippen LogP contribution in [0.5, 0.6) is 0 Å². The van der Waals surface area contributed by atoms with Gasteiger partial charge in [-0.15, -0.1) is 0 Å². The number of pyridine rings is 1. The highest BCUT2D eigenvalue weighted by Gasteiger charge is 2.38. The number of rotatable bonds is 3. The Labute approximate surface area is 154 Å². The summed E-state index contributed by atoms with van der Waals surface area (Å²) in [5, 5.41) is 0. The summed E-state index contributed by atoms with van der Waals surface area (Å²) in [5.41, 5.74) is 1.12. The van der Waals surface area contributed by atoms with Crippen LogP contribution in [0.15, 0.2) is 36.9 Å². The van der Waals surface area contributed by atoms with Crippen molar-refractivity contribution < 1.29 is 4.79 Å². The number of nitrogens with zero attached hydrogens (tertiary/aromatic N) is 5. The third-order valence-electron chi connectivity index (χ3n) is 6.22. The van der Waals surface area contributed by atoms with Crippen molar-refractivity contribution in [1.82, 2.24) is 24.3 Å². The molecular formula is C20H27N5O. The molecule has 0 aliphatic carbocycles. The van der Waals surface area contributed by atoms with Crippen molar-refractivity contribution in [3.05, 3.63) is 48.3 Å². The molecule has 0 radical (unpaired) electrons. The van der Waals surface area contributed by atoms with E-state index in [2.05, 4.69) is 26.5 Å². The van der Waals surface area contributed by atoms with Crippen molar-refractivity contribution >= 4 is 5.91 Å². The maximum Gasteiger partial charge on any atom is 0.255 e. The number of carbonyl (C=O) groups excluding carboxylic acids is 1. The smallest absolute Gasteiger partial charge is 0.255 e. The first-order valence-electron chi connectivity index (χ1n) is 9.53. The fourth-order valence-corrected chi connectivity index (χ4v) is 4.29. The van der Waals surface area contributed by atoms with E-state index in [-0.39, 0.29) is 5.91 Å². The standard InChI is InChI=1S/C20H27N5O/c1-23-14-9-22-18(23)16-24-10-4-20(5-11-24)6-12-25(13-7-20)19(26)17-3-2-8-21-15-17/h2-3,8-9,14-15H,4-7,10-13,16H2,1H3. The number of aromatic nitrogens is 3. The van der Waals surface area contributed by atoms with Gasteiger partial charge < -0.3 is 9.47 Å². The molecule has 1 spiro atoms. The van der Waals surface area contributed by atoms with Crippen LogP contribution in [-0.4, -0.2) is 56.4 Å². The second-order valence-electron chi connectivity index (χ2n) is 7.76. The average Bonchev–Trinajstić information content (AvgIpc) is 3.09. The summed E-state index contributed by atoms with van der Waals surface area (Å²) >= 11 is 0. The van der Waals surface area contributed by atoms with E-state index < -0.39 is 0 Å². The number of carbonyl (C=O) groups is 1. The van der Waals surface area contributed by atoms with Crippen LogP contribution in [0.2, 0.25) is 0 Å². The van der Waals surface area contributed by atoms with Crippen molar-refractivity contribution in [2.24, 2.45) is 12.5 Å². The van der Waals surface area contributed by atoms with Crippen molar-refractivity contribution in [2.75, 3.05) is 26.2 Å². The fourth-order valence-electron chi connectivity index (χ4n) is 4.29. The van der Waals surface area contributed by atoms with Crippen molar-refractivity contribution in [3.8, 4) is 0 Å². The highest BCUT2D eigenvalue weighted by atomic mass is 16.2. The molecule has 2 aromatic rings. The van der Waals surface area contributed by atoms with Crippen LogP contribution < -0.4 is 0 Å². The van der Waals surface area contributed by atoms with Gasteiger partial charge in [0.25, 0.3) is 5.91 Å². The van der Waals surface area contributed by atoms with Gasteiger partial charge in [0.2, 0.25) is 0 Å². The predicted octanol–water partition coefficient (Wildman–Crippen LogP) is 2.33. The number of piperidine rings is 2. The van der Waals surface area contributed by atoms with Crippen LogP contribution in [-0.2, 0) is 13.6 Å². The first-order chi connectivity index (χ1) is 12.7. The quantitative estimate of drug-likeness (QED) is 0.850. The maximum absolute atomic E-state index is 12.6. The number of likely N-dealkylation sites (tertiary alicyclic amines) is 2. The lowest BCUT2D eigenvalue weighted by Crippen LogP contribution is -2.48. The lowest BCUT2D eigenvalue weighted by Gasteiger charge is -2.46. The van der Waals surface area contributed by atoms with Gasteiger partial charge in [-0.25, -0.2) is 4.98 Å². The Morgan fingerprint density at radius 1 is 1.12 bits per heavy atom. The van der Waals surface area contributed by atoms with E-state index in [9.17, 15) is 4.79 Å². The van der Waals surface area contributed by atoms with Gasteiger partial charge in [-0.3, -0.25) is 14.7 Å². The second kappa shape index (κ2) is 7.19. The molecule has 0 atom stereocenters. The Bertz CT molecular complexity index is 739. The molecule has 6 nitrogen and oxygen atoms in total. The van der Waals surface area contributed by atoms with E-state index in [0.29, 0.717) is 11.0 Å². The molecule has 1 amide bonds. The van der Waals surface area contributed by atoms with Gasteiger partial charge in [0, 0.05) is 44.9 Å². The molecule has 4 heterocycles. The van der Waals surface area contributed by atoms with E-state index >= 15 is 0 Å². The number of amides is 1. The summed E-state index contributed by atoms with van der Waals surface area (Å²) in [6.07, 6.45) is 12.0. The lowest BCUT2D eigenvalue weighted by atomic mass is 9.71. The molecule has 2 aliphatic rings. The second-order valence-corrected chi connectivity index (χ2v) is 7.76. The molecule has 0 bridgehead atoms. The number of aryl methyl sites for hydroxylation is 1. The highest BCUT2D eigenvalue weighted by molar-refractivity contribution is 5.93. The summed E-state index contributed by atoms with van der Waals surface area (Å²) in [5.74, 6) is 1.26. The third-order valence-corrected chi connectivity index (χ3v) is 6.22. The normalized spacial score (nSPS) is 20.4. The van der Waals surface area contributed by atoms with Gasteiger partial charge in [0.1, 0.15) is 5.82 Å². The first-order valence-corrected chi connectivity index (χ1v) is 9.53. The van der Waals surface area contributed by atoms with Crippen LogP contribution in [0.1, 0.15) is 41.9 Å².